The van der Waals surface area contributed by atoms with Gasteiger partial charge in [-0.15, -0.1) is 0 Å². The van der Waals surface area contributed by atoms with Gasteiger partial charge in [0.25, 0.3) is 0 Å². The van der Waals surface area contributed by atoms with Crippen LogP contribution in [0.3, 0.4) is 0 Å². The lowest BCUT2D eigenvalue weighted by Crippen LogP contribution is -1.91. The lowest BCUT2D eigenvalue weighted by molar-refractivity contribution is 0.474. The quantitative estimate of drug-likeness (QED) is 0.728. The lowest BCUT2D eigenvalue weighted by Gasteiger charge is -2.11. The predicted molar refractivity (Wildman–Crippen MR) is 65.2 cm³/mol. The number of para-hydroxylation sites is 1. The molecule has 82 valence electrons. The first kappa shape index (κ1) is 11.0. The molecule has 0 unspecified atom stereocenters. The summed E-state index contributed by atoms with van der Waals surface area (Å²) < 4.78 is 5.80. The monoisotopic (exact) mass is 233 g/mol. The second kappa shape index (κ2) is 4.54. The molecule has 1 aromatic carbocycles. The van der Waals surface area contributed by atoms with Crippen molar-refractivity contribution in [3.8, 4) is 11.5 Å². The molecule has 0 aliphatic rings. The molecule has 2 nitrogen and oxygen atoms in total. The van der Waals surface area contributed by atoms with Crippen molar-refractivity contribution in [2.45, 2.75) is 13.8 Å². The number of benzene rings is 1. The third-order valence-corrected chi connectivity index (χ3v) is 2.53. The van der Waals surface area contributed by atoms with E-state index in [1.807, 2.05) is 32.0 Å². The molecular weight excluding hydrogens is 222 g/mol. The molecule has 0 spiro atoms. The molecule has 0 aliphatic carbocycles. The van der Waals surface area contributed by atoms with Gasteiger partial charge in [0, 0.05) is 12.3 Å². The molecular formula is C13H12ClNO. The number of hydrogen-bond donors (Lipinski definition) is 0. The molecule has 2 rings (SSSR count). The molecule has 0 aliphatic heterocycles. The first-order valence-corrected chi connectivity index (χ1v) is 5.40. The lowest BCUT2D eigenvalue weighted by atomic mass is 10.1. The Labute approximate surface area is 99.9 Å². The van der Waals surface area contributed by atoms with E-state index < -0.39 is 0 Å². The van der Waals surface area contributed by atoms with Gasteiger partial charge < -0.3 is 4.74 Å². The van der Waals surface area contributed by atoms with Gasteiger partial charge in [-0.25, -0.2) is 4.98 Å². The maximum absolute atomic E-state index is 5.80. The van der Waals surface area contributed by atoms with Gasteiger partial charge >= 0.3 is 0 Å². The van der Waals surface area contributed by atoms with E-state index in [1.54, 1.807) is 18.3 Å². The summed E-state index contributed by atoms with van der Waals surface area (Å²) in [4.78, 5) is 3.91. The van der Waals surface area contributed by atoms with Crippen molar-refractivity contribution in [2.75, 3.05) is 0 Å². The van der Waals surface area contributed by atoms with Gasteiger partial charge in [-0.3, -0.25) is 0 Å². The van der Waals surface area contributed by atoms with E-state index in [1.165, 1.54) is 0 Å². The van der Waals surface area contributed by atoms with Gasteiger partial charge in [-0.05, 0) is 31.0 Å². The van der Waals surface area contributed by atoms with Crippen molar-refractivity contribution in [1.29, 1.82) is 0 Å². The molecule has 16 heavy (non-hydrogen) atoms. The molecule has 1 heterocycles. The van der Waals surface area contributed by atoms with Crippen molar-refractivity contribution in [1.82, 2.24) is 4.98 Å². The standard InChI is InChI=1S/C13H12ClNO/c1-9-4-3-5-10(2)13(9)16-11-6-7-15-12(14)8-11/h3-8H,1-2H3. The molecule has 0 bridgehead atoms. The van der Waals surface area contributed by atoms with Gasteiger partial charge in [0.15, 0.2) is 0 Å². The highest BCUT2D eigenvalue weighted by Gasteiger charge is 2.05. The fourth-order valence-corrected chi connectivity index (χ4v) is 1.69. The van der Waals surface area contributed by atoms with Gasteiger partial charge in [0.1, 0.15) is 16.7 Å². The van der Waals surface area contributed by atoms with Crippen molar-refractivity contribution >= 4 is 11.6 Å². The van der Waals surface area contributed by atoms with E-state index in [0.717, 1.165) is 16.9 Å². The van der Waals surface area contributed by atoms with Crippen LogP contribution in [-0.2, 0) is 0 Å². The van der Waals surface area contributed by atoms with E-state index in [0.29, 0.717) is 10.9 Å². The third-order valence-electron chi connectivity index (χ3n) is 2.33. The van der Waals surface area contributed by atoms with E-state index in [9.17, 15) is 0 Å². The van der Waals surface area contributed by atoms with Crippen LogP contribution in [0, 0.1) is 13.8 Å². The summed E-state index contributed by atoms with van der Waals surface area (Å²) in [6.45, 7) is 4.04. The largest absolute Gasteiger partial charge is 0.457 e. The number of hydrogen-bond acceptors (Lipinski definition) is 2. The Morgan fingerprint density at radius 1 is 1.12 bits per heavy atom. The molecule has 0 amide bonds. The minimum absolute atomic E-state index is 0.434. The smallest absolute Gasteiger partial charge is 0.133 e. The summed E-state index contributed by atoms with van der Waals surface area (Å²) in [5.74, 6) is 1.59. The first-order valence-electron chi connectivity index (χ1n) is 5.02. The number of aryl methyl sites for hydroxylation is 2. The van der Waals surface area contributed by atoms with Crippen LogP contribution in [0.25, 0.3) is 0 Å². The Hall–Kier alpha value is -1.54. The second-order valence-corrected chi connectivity index (χ2v) is 4.02. The summed E-state index contributed by atoms with van der Waals surface area (Å²) in [5, 5.41) is 0.434. The summed E-state index contributed by atoms with van der Waals surface area (Å²) in [7, 11) is 0. The van der Waals surface area contributed by atoms with Crippen molar-refractivity contribution in [3.05, 3.63) is 52.8 Å². The molecule has 0 N–H and O–H groups in total. The Balaban J connectivity index is 2.34. The maximum Gasteiger partial charge on any atom is 0.133 e. The predicted octanol–water partition coefficient (Wildman–Crippen LogP) is 4.14. The first-order chi connectivity index (χ1) is 7.66. The van der Waals surface area contributed by atoms with Crippen LogP contribution in [0.2, 0.25) is 5.15 Å². The van der Waals surface area contributed by atoms with E-state index in [4.69, 9.17) is 16.3 Å². The number of aromatic nitrogens is 1. The van der Waals surface area contributed by atoms with Crippen LogP contribution in [-0.4, -0.2) is 4.98 Å². The maximum atomic E-state index is 5.80. The highest BCUT2D eigenvalue weighted by atomic mass is 35.5. The molecule has 3 heteroatoms. The number of rotatable bonds is 2. The normalized spacial score (nSPS) is 10.2. The molecule has 0 fully saturated rings. The minimum atomic E-state index is 0.434. The van der Waals surface area contributed by atoms with E-state index >= 15 is 0 Å². The van der Waals surface area contributed by atoms with E-state index in [-0.39, 0.29) is 0 Å². The zero-order valence-corrected chi connectivity index (χ0v) is 9.95. The fraction of sp³-hybridized carbons (Fsp3) is 0.154. The van der Waals surface area contributed by atoms with Crippen LogP contribution in [0.5, 0.6) is 11.5 Å². The zero-order valence-electron chi connectivity index (χ0n) is 9.20. The summed E-state index contributed by atoms with van der Waals surface area (Å²) in [5.41, 5.74) is 2.21. The minimum Gasteiger partial charge on any atom is -0.457 e. The highest BCUT2D eigenvalue weighted by Crippen LogP contribution is 2.28. The highest BCUT2D eigenvalue weighted by molar-refractivity contribution is 6.29. The van der Waals surface area contributed by atoms with Crippen LogP contribution in [0.4, 0.5) is 0 Å². The van der Waals surface area contributed by atoms with Gasteiger partial charge in [0.2, 0.25) is 0 Å². The van der Waals surface area contributed by atoms with Crippen molar-refractivity contribution < 1.29 is 4.74 Å². The van der Waals surface area contributed by atoms with Crippen LogP contribution < -0.4 is 4.74 Å². The average Bonchev–Trinajstić information content (AvgIpc) is 2.24. The van der Waals surface area contributed by atoms with Gasteiger partial charge in [-0.1, -0.05) is 29.8 Å². The molecule has 2 aromatic rings. The van der Waals surface area contributed by atoms with Crippen LogP contribution >= 0.6 is 11.6 Å². The van der Waals surface area contributed by atoms with Gasteiger partial charge in [0.05, 0.1) is 0 Å². The molecule has 0 saturated carbocycles. The van der Waals surface area contributed by atoms with Crippen molar-refractivity contribution in [2.24, 2.45) is 0 Å². The Kier molecular flexibility index (Phi) is 3.11. The molecule has 0 radical (unpaired) electrons. The number of halogens is 1. The average molecular weight is 234 g/mol. The van der Waals surface area contributed by atoms with Gasteiger partial charge in [-0.2, -0.15) is 0 Å². The summed E-state index contributed by atoms with van der Waals surface area (Å²) in [6.07, 6.45) is 1.63. The zero-order chi connectivity index (χ0) is 11.5. The fourth-order valence-electron chi connectivity index (χ4n) is 1.53. The Morgan fingerprint density at radius 2 is 1.81 bits per heavy atom. The topological polar surface area (TPSA) is 22.1 Å². The molecule has 1 aromatic heterocycles. The second-order valence-electron chi connectivity index (χ2n) is 3.64. The molecule has 0 saturated heterocycles. The Bertz CT molecular complexity index is 491. The Morgan fingerprint density at radius 3 is 2.44 bits per heavy atom. The summed E-state index contributed by atoms with van der Waals surface area (Å²) in [6, 6.07) is 9.54. The van der Waals surface area contributed by atoms with Crippen molar-refractivity contribution in [3.63, 3.8) is 0 Å². The summed E-state index contributed by atoms with van der Waals surface area (Å²) >= 11 is 5.80. The number of nitrogens with zero attached hydrogens (tertiary/aromatic N) is 1. The SMILES string of the molecule is Cc1cccc(C)c1Oc1ccnc(Cl)c1. The number of ether oxygens (including phenoxy) is 1. The molecule has 0 atom stereocenters. The third kappa shape index (κ3) is 2.34. The van der Waals surface area contributed by atoms with Crippen LogP contribution in [0.15, 0.2) is 36.5 Å². The van der Waals surface area contributed by atoms with Crippen LogP contribution in [0.1, 0.15) is 11.1 Å². The number of pyridine rings is 1. The van der Waals surface area contributed by atoms with E-state index in [2.05, 4.69) is 4.98 Å².